The number of aromatic hydroxyl groups is 1. The van der Waals surface area contributed by atoms with Gasteiger partial charge in [-0.3, -0.25) is 4.79 Å². The quantitative estimate of drug-likeness (QED) is 0.477. The highest BCUT2D eigenvalue weighted by Gasteiger charge is 2.51. The number of nitrogens with zero attached hydrogens (tertiary/aromatic N) is 1. The molecule has 1 saturated heterocycles. The van der Waals surface area contributed by atoms with Crippen LogP contribution in [0, 0.1) is 0 Å². The minimum atomic E-state index is -4.88. The van der Waals surface area contributed by atoms with E-state index in [-0.39, 0.29) is 28.0 Å². The topological polar surface area (TPSA) is 83.7 Å². The molecule has 0 aliphatic carbocycles. The molecule has 0 amide bonds. The number of halogens is 3. The van der Waals surface area contributed by atoms with E-state index in [0.717, 1.165) is 6.42 Å². The Hall–Kier alpha value is -2.78. The molecule has 1 aromatic heterocycles. The Morgan fingerprint density at radius 2 is 1.85 bits per heavy atom. The van der Waals surface area contributed by atoms with E-state index >= 15 is 0 Å². The van der Waals surface area contributed by atoms with E-state index in [4.69, 9.17) is 4.74 Å². The Morgan fingerprint density at radius 3 is 2.42 bits per heavy atom. The molecule has 178 valence electrons. The molecule has 0 radical (unpaired) electrons. The molecule has 1 aliphatic rings. The lowest BCUT2D eigenvalue weighted by Crippen LogP contribution is -2.61. The number of rotatable bonds is 6. The number of alkyl halides is 3. The molecule has 0 bridgehead atoms. The number of aromatic nitrogens is 1. The van der Waals surface area contributed by atoms with E-state index in [9.17, 15) is 28.2 Å². The second-order valence-electron chi connectivity index (χ2n) is 9.13. The van der Waals surface area contributed by atoms with Gasteiger partial charge in [-0.05, 0) is 50.1 Å². The number of aryl methyl sites for hydroxylation is 1. The van der Waals surface area contributed by atoms with Crippen molar-refractivity contribution in [1.29, 1.82) is 0 Å². The molecule has 1 aliphatic heterocycles. The number of nitrogens with one attached hydrogen (secondary N) is 1. The van der Waals surface area contributed by atoms with Gasteiger partial charge in [-0.25, -0.2) is 0 Å². The third-order valence-corrected chi connectivity index (χ3v) is 6.36. The third kappa shape index (κ3) is 3.93. The van der Waals surface area contributed by atoms with Gasteiger partial charge < -0.3 is 24.8 Å². The molecule has 4 rings (SSSR count). The van der Waals surface area contributed by atoms with Crippen LogP contribution in [0.25, 0.3) is 21.7 Å². The summed E-state index contributed by atoms with van der Waals surface area (Å²) in [6, 6.07) is 6.70. The van der Waals surface area contributed by atoms with E-state index in [2.05, 4.69) is 5.32 Å². The van der Waals surface area contributed by atoms with Gasteiger partial charge in [-0.1, -0.05) is 19.4 Å². The molecule has 2 aromatic carbocycles. The maximum Gasteiger partial charge on any atom is 0.421 e. The largest absolute Gasteiger partial charge is 0.504 e. The highest BCUT2D eigenvalue weighted by Crippen LogP contribution is 2.41. The van der Waals surface area contributed by atoms with Crippen LogP contribution in [0.4, 0.5) is 13.2 Å². The highest BCUT2D eigenvalue weighted by molar-refractivity contribution is 6.07. The Labute approximate surface area is 188 Å². The van der Waals surface area contributed by atoms with Gasteiger partial charge in [0, 0.05) is 30.4 Å². The standard InChI is InChI=1S/C24H27F3N2O4/c1-4-5-8-29-18-7-6-14(23(3,32)24(25,26)27)9-16(18)15-11-20(33-22(2)12-28-13-22)19(30)10-17(15)21(29)31/h6-7,9-11,28,30,32H,4-5,8,12-13H2,1-3H3. The van der Waals surface area contributed by atoms with Crippen LogP contribution in [-0.2, 0) is 12.1 Å². The summed E-state index contributed by atoms with van der Waals surface area (Å²) in [5.74, 6) is -0.0703. The van der Waals surface area contributed by atoms with Gasteiger partial charge >= 0.3 is 6.18 Å². The van der Waals surface area contributed by atoms with Crippen molar-refractivity contribution in [1.82, 2.24) is 9.88 Å². The smallest absolute Gasteiger partial charge is 0.421 e. The summed E-state index contributed by atoms with van der Waals surface area (Å²) >= 11 is 0. The van der Waals surface area contributed by atoms with Crippen LogP contribution in [0.1, 0.15) is 39.2 Å². The van der Waals surface area contributed by atoms with Crippen LogP contribution in [0.5, 0.6) is 11.5 Å². The average Bonchev–Trinajstić information content (AvgIpc) is 2.72. The van der Waals surface area contributed by atoms with Crippen molar-refractivity contribution in [2.45, 2.75) is 57.5 Å². The van der Waals surface area contributed by atoms with Gasteiger partial charge in [-0.15, -0.1) is 0 Å². The molecule has 3 N–H and O–H groups in total. The Morgan fingerprint density at radius 1 is 1.15 bits per heavy atom. The van der Waals surface area contributed by atoms with E-state index in [1.807, 2.05) is 13.8 Å². The van der Waals surface area contributed by atoms with Crippen molar-refractivity contribution in [3.05, 3.63) is 46.2 Å². The summed E-state index contributed by atoms with van der Waals surface area (Å²) in [4.78, 5) is 13.3. The molecule has 0 saturated carbocycles. The van der Waals surface area contributed by atoms with Gasteiger partial charge in [0.25, 0.3) is 5.56 Å². The van der Waals surface area contributed by atoms with Crippen LogP contribution < -0.4 is 15.6 Å². The molecule has 9 heteroatoms. The maximum absolute atomic E-state index is 13.5. The molecule has 1 unspecified atom stereocenters. The fraction of sp³-hybridized carbons (Fsp3) is 0.458. The molecule has 1 atom stereocenters. The molecular weight excluding hydrogens is 437 g/mol. The number of unbranched alkanes of at least 4 members (excludes halogenated alkanes) is 1. The second kappa shape index (κ2) is 7.92. The first-order valence-electron chi connectivity index (χ1n) is 10.9. The minimum absolute atomic E-state index is 0.145. The molecular formula is C24H27F3N2O4. The number of phenols is 1. The molecule has 6 nitrogen and oxygen atoms in total. The number of fused-ring (bicyclic) bond motifs is 3. The summed E-state index contributed by atoms with van der Waals surface area (Å²) in [6.45, 7) is 6.06. The van der Waals surface area contributed by atoms with Crippen LogP contribution in [0.3, 0.4) is 0 Å². The maximum atomic E-state index is 13.5. The van der Waals surface area contributed by atoms with Crippen LogP contribution in [-0.4, -0.2) is 39.6 Å². The summed E-state index contributed by atoms with van der Waals surface area (Å²) in [6.07, 6.45) is -3.37. The van der Waals surface area contributed by atoms with Gasteiger partial charge in [0.2, 0.25) is 0 Å². The lowest BCUT2D eigenvalue weighted by Gasteiger charge is -2.39. The van der Waals surface area contributed by atoms with E-state index in [1.54, 1.807) is 0 Å². The first-order chi connectivity index (χ1) is 15.4. The zero-order valence-electron chi connectivity index (χ0n) is 18.7. The van der Waals surface area contributed by atoms with Crippen LogP contribution in [0.2, 0.25) is 0 Å². The zero-order valence-corrected chi connectivity index (χ0v) is 18.7. The van der Waals surface area contributed by atoms with Crippen molar-refractivity contribution < 1.29 is 28.1 Å². The summed E-state index contributed by atoms with van der Waals surface area (Å²) in [5, 5.41) is 24.8. The predicted octanol–water partition coefficient (Wildman–Crippen LogP) is 4.17. The number of pyridine rings is 1. The number of hydrogen-bond donors (Lipinski definition) is 3. The lowest BCUT2D eigenvalue weighted by atomic mass is 9.92. The van der Waals surface area contributed by atoms with Crippen molar-refractivity contribution in [2.24, 2.45) is 0 Å². The van der Waals surface area contributed by atoms with Gasteiger partial charge in [0.05, 0.1) is 10.9 Å². The number of hydrogen-bond acceptors (Lipinski definition) is 5. The number of ether oxygens (including phenoxy) is 1. The Kier molecular flexibility index (Phi) is 5.61. The third-order valence-electron chi connectivity index (χ3n) is 6.36. The molecule has 1 fully saturated rings. The van der Waals surface area contributed by atoms with Gasteiger partial charge in [0.1, 0.15) is 5.60 Å². The first-order valence-corrected chi connectivity index (χ1v) is 10.9. The number of benzene rings is 2. The number of aliphatic hydroxyl groups is 1. The predicted molar refractivity (Wildman–Crippen MR) is 120 cm³/mol. The van der Waals surface area contributed by atoms with Gasteiger partial charge in [-0.2, -0.15) is 13.2 Å². The monoisotopic (exact) mass is 464 g/mol. The van der Waals surface area contributed by atoms with E-state index in [0.29, 0.717) is 49.3 Å². The lowest BCUT2D eigenvalue weighted by molar-refractivity contribution is -0.258. The summed E-state index contributed by atoms with van der Waals surface area (Å²) in [5.41, 5.74) is -3.84. The molecule has 3 aromatic rings. The van der Waals surface area contributed by atoms with Crippen LogP contribution >= 0.6 is 0 Å². The fourth-order valence-corrected chi connectivity index (χ4v) is 4.11. The SMILES string of the molecule is CCCCn1c(=O)c2cc(O)c(OC3(C)CNC3)cc2c2cc(C(C)(O)C(F)(F)F)ccc21. The summed E-state index contributed by atoms with van der Waals surface area (Å²) in [7, 11) is 0. The number of phenolic OH excluding ortho intramolecular Hbond substituents is 1. The van der Waals surface area contributed by atoms with Crippen molar-refractivity contribution in [2.75, 3.05) is 13.1 Å². The highest BCUT2D eigenvalue weighted by atomic mass is 19.4. The second-order valence-corrected chi connectivity index (χ2v) is 9.13. The zero-order chi connectivity index (χ0) is 24.2. The Balaban J connectivity index is 2.02. The van der Waals surface area contributed by atoms with Crippen LogP contribution in [0.15, 0.2) is 35.1 Å². The molecule has 2 heterocycles. The van der Waals surface area contributed by atoms with Crippen molar-refractivity contribution in [3.8, 4) is 11.5 Å². The fourth-order valence-electron chi connectivity index (χ4n) is 4.11. The van der Waals surface area contributed by atoms with Crippen molar-refractivity contribution in [3.63, 3.8) is 0 Å². The molecule has 0 spiro atoms. The minimum Gasteiger partial charge on any atom is -0.504 e. The normalized spacial score (nSPS) is 17.7. The first kappa shape index (κ1) is 23.4. The summed E-state index contributed by atoms with van der Waals surface area (Å²) < 4.78 is 48.0. The van der Waals surface area contributed by atoms with E-state index in [1.165, 1.54) is 34.9 Å². The molecule has 33 heavy (non-hydrogen) atoms. The van der Waals surface area contributed by atoms with E-state index < -0.39 is 17.4 Å². The Bertz CT molecular complexity index is 1280. The average molecular weight is 464 g/mol. The van der Waals surface area contributed by atoms with Crippen molar-refractivity contribution >= 4 is 21.7 Å². The van der Waals surface area contributed by atoms with Gasteiger partial charge in [0.15, 0.2) is 17.1 Å².